The van der Waals surface area contributed by atoms with E-state index in [-0.39, 0.29) is 11.9 Å². The van der Waals surface area contributed by atoms with Crippen molar-refractivity contribution in [3.8, 4) is 0 Å². The summed E-state index contributed by atoms with van der Waals surface area (Å²) in [5.74, 6) is 0.0182. The van der Waals surface area contributed by atoms with Crippen LogP contribution in [0.15, 0.2) is 18.2 Å². The molecule has 0 aliphatic carbocycles. The van der Waals surface area contributed by atoms with Crippen molar-refractivity contribution in [3.63, 3.8) is 0 Å². The number of nitrogens with two attached hydrogens (primary N) is 1. The van der Waals surface area contributed by atoms with Gasteiger partial charge in [0.25, 0.3) is 0 Å². The normalized spacial score (nSPS) is 12.2. The molecule has 3 heteroatoms. The maximum Gasteiger partial charge on any atom is 0.306 e. The van der Waals surface area contributed by atoms with E-state index in [9.17, 15) is 4.79 Å². The average molecular weight is 221 g/mol. The van der Waals surface area contributed by atoms with Gasteiger partial charge < -0.3 is 10.5 Å². The maximum absolute atomic E-state index is 11.3. The lowest BCUT2D eigenvalue weighted by Gasteiger charge is -2.17. The first kappa shape index (κ1) is 12.6. The molecule has 1 aromatic carbocycles. The predicted octanol–water partition coefficient (Wildman–Crippen LogP) is 2.63. The number of rotatable bonds is 4. The Morgan fingerprint density at radius 3 is 2.75 bits per heavy atom. The van der Waals surface area contributed by atoms with E-state index in [1.807, 2.05) is 25.1 Å². The first-order valence-corrected chi connectivity index (χ1v) is 5.52. The van der Waals surface area contributed by atoms with Gasteiger partial charge in [-0.3, -0.25) is 4.79 Å². The molecule has 0 aromatic heterocycles. The summed E-state index contributed by atoms with van der Waals surface area (Å²) in [6.07, 6.45) is 1.32. The number of anilines is 1. The van der Waals surface area contributed by atoms with Gasteiger partial charge in [0.2, 0.25) is 0 Å². The van der Waals surface area contributed by atoms with E-state index in [4.69, 9.17) is 10.5 Å². The minimum atomic E-state index is -0.173. The Morgan fingerprint density at radius 2 is 2.19 bits per heavy atom. The van der Waals surface area contributed by atoms with E-state index in [1.165, 1.54) is 7.11 Å². The summed E-state index contributed by atoms with van der Waals surface area (Å²) < 4.78 is 4.70. The minimum Gasteiger partial charge on any atom is -0.469 e. The van der Waals surface area contributed by atoms with Crippen molar-refractivity contribution in [1.82, 2.24) is 0 Å². The van der Waals surface area contributed by atoms with Gasteiger partial charge in [-0.05, 0) is 36.5 Å². The van der Waals surface area contributed by atoms with E-state index in [2.05, 4.69) is 6.92 Å². The predicted molar refractivity (Wildman–Crippen MR) is 65.3 cm³/mol. The zero-order valence-electron chi connectivity index (χ0n) is 10.1. The molecular weight excluding hydrogens is 202 g/mol. The molecule has 1 unspecified atom stereocenters. The van der Waals surface area contributed by atoms with Gasteiger partial charge in [0.15, 0.2) is 0 Å². The first-order valence-electron chi connectivity index (χ1n) is 5.52. The highest BCUT2D eigenvalue weighted by molar-refractivity contribution is 5.70. The fourth-order valence-electron chi connectivity index (χ4n) is 1.87. The van der Waals surface area contributed by atoms with E-state index < -0.39 is 0 Å². The number of carbonyl (C=O) groups is 1. The lowest BCUT2D eigenvalue weighted by Crippen LogP contribution is -2.10. The number of carbonyl (C=O) groups excluding carboxylic acids is 1. The summed E-state index contributed by atoms with van der Waals surface area (Å²) in [6.45, 7) is 4.06. The molecule has 3 nitrogen and oxygen atoms in total. The molecule has 0 heterocycles. The Hall–Kier alpha value is -1.51. The molecule has 1 rings (SSSR count). The smallest absolute Gasteiger partial charge is 0.306 e. The molecule has 0 spiro atoms. The monoisotopic (exact) mass is 221 g/mol. The van der Waals surface area contributed by atoms with E-state index in [0.29, 0.717) is 6.42 Å². The summed E-state index contributed by atoms with van der Waals surface area (Å²) in [5, 5.41) is 0. The SMILES string of the molecule is CCC(CC(=O)OC)c1cccc(N)c1C. The van der Waals surface area contributed by atoms with Gasteiger partial charge in [0.05, 0.1) is 13.5 Å². The number of nitrogen functional groups attached to an aromatic ring is 1. The van der Waals surface area contributed by atoms with Crippen molar-refractivity contribution in [3.05, 3.63) is 29.3 Å². The highest BCUT2D eigenvalue weighted by Gasteiger charge is 2.17. The van der Waals surface area contributed by atoms with Crippen LogP contribution in [0.1, 0.15) is 36.8 Å². The van der Waals surface area contributed by atoms with Crippen molar-refractivity contribution in [2.24, 2.45) is 0 Å². The Labute approximate surface area is 96.6 Å². The topological polar surface area (TPSA) is 52.3 Å². The lowest BCUT2D eigenvalue weighted by molar-refractivity contribution is -0.141. The Balaban J connectivity index is 2.95. The third kappa shape index (κ3) is 2.75. The zero-order chi connectivity index (χ0) is 12.1. The quantitative estimate of drug-likeness (QED) is 0.628. The average Bonchev–Trinajstić information content (AvgIpc) is 2.29. The maximum atomic E-state index is 11.3. The van der Waals surface area contributed by atoms with Crippen molar-refractivity contribution in [1.29, 1.82) is 0 Å². The molecule has 2 N–H and O–H groups in total. The summed E-state index contributed by atoms with van der Waals surface area (Å²) in [7, 11) is 1.42. The van der Waals surface area contributed by atoms with Crippen LogP contribution >= 0.6 is 0 Å². The van der Waals surface area contributed by atoms with Crippen molar-refractivity contribution in [2.75, 3.05) is 12.8 Å². The van der Waals surface area contributed by atoms with Crippen LogP contribution in [0, 0.1) is 6.92 Å². The minimum absolute atomic E-state index is 0.173. The van der Waals surface area contributed by atoms with Crippen LogP contribution in [0.5, 0.6) is 0 Å². The number of benzene rings is 1. The number of ether oxygens (including phenoxy) is 1. The van der Waals surface area contributed by atoms with Crippen LogP contribution in [0.2, 0.25) is 0 Å². The van der Waals surface area contributed by atoms with Crippen LogP contribution < -0.4 is 5.73 Å². The number of hydrogen-bond acceptors (Lipinski definition) is 3. The Kier molecular flexibility index (Phi) is 4.35. The second-order valence-electron chi connectivity index (χ2n) is 3.95. The van der Waals surface area contributed by atoms with Gasteiger partial charge in [0, 0.05) is 5.69 Å². The van der Waals surface area contributed by atoms with Gasteiger partial charge in [-0.25, -0.2) is 0 Å². The second kappa shape index (κ2) is 5.54. The van der Waals surface area contributed by atoms with Gasteiger partial charge >= 0.3 is 5.97 Å². The molecule has 16 heavy (non-hydrogen) atoms. The largest absolute Gasteiger partial charge is 0.469 e. The molecule has 1 atom stereocenters. The van der Waals surface area contributed by atoms with Crippen LogP contribution in [0.25, 0.3) is 0 Å². The molecule has 88 valence electrons. The summed E-state index contributed by atoms with van der Waals surface area (Å²) in [5.41, 5.74) is 8.85. The summed E-state index contributed by atoms with van der Waals surface area (Å²) >= 11 is 0. The van der Waals surface area contributed by atoms with E-state index in [1.54, 1.807) is 0 Å². The third-order valence-electron chi connectivity index (χ3n) is 2.99. The fourth-order valence-corrected chi connectivity index (χ4v) is 1.87. The lowest BCUT2D eigenvalue weighted by atomic mass is 9.89. The fraction of sp³-hybridized carbons (Fsp3) is 0.462. The first-order chi connectivity index (χ1) is 7.60. The summed E-state index contributed by atoms with van der Waals surface area (Å²) in [4.78, 5) is 11.3. The molecule has 1 aromatic rings. The molecule has 0 bridgehead atoms. The molecule has 0 fully saturated rings. The van der Waals surface area contributed by atoms with Gasteiger partial charge in [-0.2, -0.15) is 0 Å². The number of methoxy groups -OCH3 is 1. The van der Waals surface area contributed by atoms with Crippen molar-refractivity contribution in [2.45, 2.75) is 32.6 Å². The number of hydrogen-bond donors (Lipinski definition) is 1. The molecule has 0 radical (unpaired) electrons. The van der Waals surface area contributed by atoms with E-state index >= 15 is 0 Å². The van der Waals surface area contributed by atoms with Crippen LogP contribution in [-0.4, -0.2) is 13.1 Å². The second-order valence-corrected chi connectivity index (χ2v) is 3.95. The zero-order valence-corrected chi connectivity index (χ0v) is 10.1. The highest BCUT2D eigenvalue weighted by atomic mass is 16.5. The standard InChI is InChI=1S/C13H19NO2/c1-4-10(8-13(15)16-3)11-6-5-7-12(14)9(11)2/h5-7,10H,4,8,14H2,1-3H3. The molecule has 0 saturated heterocycles. The van der Waals surface area contributed by atoms with Gasteiger partial charge in [-0.15, -0.1) is 0 Å². The van der Waals surface area contributed by atoms with Gasteiger partial charge in [0.1, 0.15) is 0 Å². The Bertz CT molecular complexity index is 374. The molecule has 0 aliphatic heterocycles. The van der Waals surface area contributed by atoms with Gasteiger partial charge in [-0.1, -0.05) is 19.1 Å². The van der Waals surface area contributed by atoms with E-state index in [0.717, 1.165) is 23.2 Å². The van der Waals surface area contributed by atoms with Crippen molar-refractivity contribution >= 4 is 11.7 Å². The third-order valence-corrected chi connectivity index (χ3v) is 2.99. The highest BCUT2D eigenvalue weighted by Crippen LogP contribution is 2.29. The molecule has 0 aliphatic rings. The summed E-state index contributed by atoms with van der Waals surface area (Å²) in [6, 6.07) is 5.84. The van der Waals surface area contributed by atoms with Crippen molar-refractivity contribution < 1.29 is 9.53 Å². The van der Waals surface area contributed by atoms with Crippen LogP contribution in [0.3, 0.4) is 0 Å². The molecule has 0 saturated carbocycles. The van der Waals surface area contributed by atoms with Crippen LogP contribution in [-0.2, 0) is 9.53 Å². The van der Waals surface area contributed by atoms with Crippen LogP contribution in [0.4, 0.5) is 5.69 Å². The Morgan fingerprint density at radius 1 is 1.50 bits per heavy atom. The number of esters is 1. The molecule has 0 amide bonds. The molecular formula is C13H19NO2.